The van der Waals surface area contributed by atoms with Crippen LogP contribution in [0.25, 0.3) is 0 Å². The lowest BCUT2D eigenvalue weighted by Crippen LogP contribution is -2.30. The number of hydrogen-bond donors (Lipinski definition) is 0. The van der Waals surface area contributed by atoms with Gasteiger partial charge in [-0.25, -0.2) is 4.67 Å². The maximum absolute atomic E-state index is 2.58. The predicted molar refractivity (Wildman–Crippen MR) is 128 cm³/mol. The fourth-order valence-corrected chi connectivity index (χ4v) is 7.30. The first-order chi connectivity index (χ1) is 12.0. The van der Waals surface area contributed by atoms with Crippen LogP contribution < -0.4 is 5.30 Å². The van der Waals surface area contributed by atoms with Gasteiger partial charge in [-0.15, -0.1) is 0 Å². The van der Waals surface area contributed by atoms with Gasteiger partial charge in [0.05, 0.1) is 0 Å². The summed E-state index contributed by atoms with van der Waals surface area (Å²) in [4.78, 5) is 0. The van der Waals surface area contributed by atoms with Crippen molar-refractivity contribution in [3.8, 4) is 0 Å². The Balaban J connectivity index is 3.79. The van der Waals surface area contributed by atoms with Crippen molar-refractivity contribution in [1.82, 2.24) is 4.67 Å². The summed E-state index contributed by atoms with van der Waals surface area (Å²) in [5, 5.41) is 1.54. The molecule has 0 spiro atoms. The molecule has 3 heteroatoms. The van der Waals surface area contributed by atoms with Crippen LogP contribution in [-0.4, -0.2) is 16.8 Å². The van der Waals surface area contributed by atoms with Gasteiger partial charge in [-0.05, 0) is 68.5 Å². The molecule has 1 aromatic rings. The van der Waals surface area contributed by atoms with Crippen molar-refractivity contribution in [2.45, 2.75) is 118 Å². The van der Waals surface area contributed by atoms with Crippen LogP contribution in [0, 0.1) is 0 Å². The van der Waals surface area contributed by atoms with Crippen LogP contribution >= 0.6 is 15.9 Å². The molecule has 0 heterocycles. The van der Waals surface area contributed by atoms with Crippen molar-refractivity contribution in [3.05, 3.63) is 28.8 Å². The summed E-state index contributed by atoms with van der Waals surface area (Å²) in [6.07, 6.45) is 0. The van der Waals surface area contributed by atoms with Crippen molar-refractivity contribution >= 4 is 21.2 Å². The van der Waals surface area contributed by atoms with Gasteiger partial charge in [-0.2, -0.15) is 0 Å². The molecule has 0 unspecified atom stereocenters. The molecule has 1 rings (SSSR count). The van der Waals surface area contributed by atoms with Gasteiger partial charge in [0.1, 0.15) is 0 Å². The maximum atomic E-state index is 2.58. The maximum Gasteiger partial charge on any atom is 0.0162 e. The summed E-state index contributed by atoms with van der Waals surface area (Å²) in [5.41, 5.74) is 4.93. The van der Waals surface area contributed by atoms with Gasteiger partial charge in [0.15, 0.2) is 0 Å². The van der Waals surface area contributed by atoms with Crippen LogP contribution in [0.4, 0.5) is 0 Å². The molecule has 27 heavy (non-hydrogen) atoms. The van der Waals surface area contributed by atoms with Gasteiger partial charge in [0, 0.05) is 25.4 Å². The molecule has 0 fully saturated rings. The number of rotatable bonds is 4. The van der Waals surface area contributed by atoms with E-state index in [0.29, 0.717) is 12.1 Å². The molecule has 1 aromatic carbocycles. The summed E-state index contributed by atoms with van der Waals surface area (Å²) in [6, 6.07) is 6.10. The van der Waals surface area contributed by atoms with Crippen molar-refractivity contribution in [3.63, 3.8) is 0 Å². The van der Waals surface area contributed by atoms with E-state index in [0.717, 1.165) is 0 Å². The second kappa shape index (κ2) is 8.65. The topological polar surface area (TPSA) is 3.24 Å². The van der Waals surface area contributed by atoms with Crippen LogP contribution in [0.3, 0.4) is 0 Å². The standard InChI is InChI=1S/C24H43NP2/c1-16(2)25(17(3)4)27-26-21-19(23(8,9)10)14-18(22(5,6)7)15-20(21)24(11,12)13/h14-17H,1-13H3. The summed E-state index contributed by atoms with van der Waals surface area (Å²) >= 11 is 0. The lowest BCUT2D eigenvalue weighted by Gasteiger charge is -2.33. The molecule has 0 amide bonds. The highest BCUT2D eigenvalue weighted by atomic mass is 31.7. The minimum absolute atomic E-state index is 0.138. The highest BCUT2D eigenvalue weighted by molar-refractivity contribution is 7.86. The Bertz CT molecular complexity index is 622. The van der Waals surface area contributed by atoms with Gasteiger partial charge in [-0.3, -0.25) is 0 Å². The smallest absolute Gasteiger partial charge is 0.0162 e. The van der Waals surface area contributed by atoms with E-state index in [9.17, 15) is 0 Å². The lowest BCUT2D eigenvalue weighted by atomic mass is 9.75. The van der Waals surface area contributed by atoms with E-state index in [4.69, 9.17) is 0 Å². The van der Waals surface area contributed by atoms with Gasteiger partial charge < -0.3 is 0 Å². The zero-order valence-corrected chi connectivity index (χ0v) is 21.9. The average molecular weight is 408 g/mol. The van der Waals surface area contributed by atoms with E-state index in [1.54, 1.807) is 0 Å². The monoisotopic (exact) mass is 407 g/mol. The molecular weight excluding hydrogens is 364 g/mol. The largest absolute Gasteiger partial charge is 0.249 e. The highest BCUT2D eigenvalue weighted by Crippen LogP contribution is 2.38. The number of hydrogen-bond acceptors (Lipinski definition) is 0. The van der Waals surface area contributed by atoms with E-state index in [1.807, 2.05) is 0 Å². The van der Waals surface area contributed by atoms with Gasteiger partial charge >= 0.3 is 0 Å². The lowest BCUT2D eigenvalue weighted by molar-refractivity contribution is 0.333. The Hall–Kier alpha value is -0.220. The molecule has 0 saturated heterocycles. The molecule has 0 bridgehead atoms. The minimum atomic E-state index is 0.138. The third-order valence-corrected chi connectivity index (χ3v) is 8.29. The average Bonchev–Trinajstić information content (AvgIpc) is 2.42. The predicted octanol–water partition coefficient (Wildman–Crippen LogP) is 8.05. The van der Waals surface area contributed by atoms with E-state index in [2.05, 4.69) is 107 Å². The Labute approximate surface area is 173 Å². The first kappa shape index (κ1) is 24.8. The fraction of sp³-hybridized carbons (Fsp3) is 0.750. The molecule has 0 aliphatic rings. The molecule has 1 nitrogen and oxygen atoms in total. The summed E-state index contributed by atoms with van der Waals surface area (Å²) in [7, 11) is 2.79. The molecule has 0 atom stereocenters. The summed E-state index contributed by atoms with van der Waals surface area (Å²) in [6.45, 7) is 30.4. The van der Waals surface area contributed by atoms with Crippen LogP contribution in [0.5, 0.6) is 0 Å². The van der Waals surface area contributed by atoms with Crippen molar-refractivity contribution in [2.75, 3.05) is 0 Å². The molecule has 0 aliphatic heterocycles. The van der Waals surface area contributed by atoms with Crippen LogP contribution in [-0.2, 0) is 16.2 Å². The minimum Gasteiger partial charge on any atom is -0.249 e. The van der Waals surface area contributed by atoms with Gasteiger partial charge in [-0.1, -0.05) is 74.4 Å². The van der Waals surface area contributed by atoms with Crippen molar-refractivity contribution in [1.29, 1.82) is 0 Å². The summed E-state index contributed by atoms with van der Waals surface area (Å²) in [5.74, 6) is 0. The Kier molecular flexibility index (Phi) is 7.95. The van der Waals surface area contributed by atoms with E-state index in [1.165, 1.54) is 37.9 Å². The third-order valence-electron chi connectivity index (χ3n) is 4.90. The zero-order valence-electron chi connectivity index (χ0n) is 20.2. The zero-order chi connectivity index (χ0) is 21.4. The molecule has 0 aromatic heterocycles. The molecule has 0 N–H and O–H groups in total. The molecular formula is C24H43NP2. The Morgan fingerprint density at radius 3 is 1.30 bits per heavy atom. The van der Waals surface area contributed by atoms with Crippen LogP contribution in [0.1, 0.15) is 107 Å². The van der Waals surface area contributed by atoms with E-state index >= 15 is 0 Å². The number of nitrogens with zero attached hydrogens (tertiary/aromatic N) is 1. The van der Waals surface area contributed by atoms with Crippen LogP contribution in [0.2, 0.25) is 0 Å². The summed E-state index contributed by atoms with van der Waals surface area (Å²) < 4.78 is 2.58. The molecule has 154 valence electrons. The second-order valence-electron chi connectivity index (χ2n) is 11.4. The van der Waals surface area contributed by atoms with Crippen molar-refractivity contribution < 1.29 is 0 Å². The Morgan fingerprint density at radius 1 is 0.667 bits per heavy atom. The normalized spacial score (nSPS) is 14.2. The third kappa shape index (κ3) is 6.66. The highest BCUT2D eigenvalue weighted by Gasteiger charge is 2.28. The van der Waals surface area contributed by atoms with Crippen molar-refractivity contribution in [2.24, 2.45) is 0 Å². The first-order valence-electron chi connectivity index (χ1n) is 10.4. The van der Waals surface area contributed by atoms with E-state index in [-0.39, 0.29) is 16.2 Å². The van der Waals surface area contributed by atoms with Gasteiger partial charge in [0.25, 0.3) is 0 Å². The van der Waals surface area contributed by atoms with Gasteiger partial charge in [0.2, 0.25) is 0 Å². The van der Waals surface area contributed by atoms with E-state index < -0.39 is 0 Å². The second-order valence-corrected chi connectivity index (χ2v) is 13.9. The first-order valence-corrected chi connectivity index (χ1v) is 12.8. The Morgan fingerprint density at radius 2 is 1.04 bits per heavy atom. The van der Waals surface area contributed by atoms with Crippen LogP contribution in [0.15, 0.2) is 12.1 Å². The molecule has 0 aliphatic carbocycles. The SMILES string of the molecule is CC(C)N(P=Pc1c(C(C)(C)C)cc(C(C)(C)C)cc1C(C)(C)C)C(C)C. The quantitative estimate of drug-likeness (QED) is 0.456. The fourth-order valence-electron chi connectivity index (χ4n) is 3.22. The number of benzene rings is 1. The molecule has 0 radical (unpaired) electrons. The molecule has 0 saturated carbocycles.